The summed E-state index contributed by atoms with van der Waals surface area (Å²) in [5.41, 5.74) is 8.22. The normalized spacial score (nSPS) is 19.4. The summed E-state index contributed by atoms with van der Waals surface area (Å²) in [7, 11) is 0. The van der Waals surface area contributed by atoms with Crippen molar-refractivity contribution >= 4 is 23.3 Å². The molecule has 1 atom stereocenters. The fourth-order valence-electron chi connectivity index (χ4n) is 3.25. The third kappa shape index (κ3) is 3.94. The van der Waals surface area contributed by atoms with Crippen LogP contribution in [0.4, 0.5) is 0 Å². The van der Waals surface area contributed by atoms with E-state index in [9.17, 15) is 0 Å². The van der Waals surface area contributed by atoms with E-state index in [0.29, 0.717) is 6.04 Å². The van der Waals surface area contributed by atoms with Crippen LogP contribution in [0, 0.1) is 0 Å². The average molecular weight is 306 g/mol. The van der Waals surface area contributed by atoms with Crippen LogP contribution in [0.2, 0.25) is 0 Å². The third-order valence-corrected chi connectivity index (χ3v) is 4.30. The number of benzene rings is 1. The summed E-state index contributed by atoms with van der Waals surface area (Å²) < 4.78 is 0. The van der Waals surface area contributed by atoms with Crippen molar-refractivity contribution in [1.29, 1.82) is 0 Å². The largest absolute Gasteiger partial charge is 0.330 e. The van der Waals surface area contributed by atoms with Gasteiger partial charge in [0.05, 0.1) is 5.52 Å². The molecule has 1 fully saturated rings. The maximum atomic E-state index is 5.75. The monoisotopic (exact) mass is 305 g/mol. The SMILES string of the molecule is Cl.NCCC1CCCCN1Cc1ccc2ncccc2c1. The van der Waals surface area contributed by atoms with Crippen molar-refractivity contribution in [1.82, 2.24) is 9.88 Å². The molecule has 0 bridgehead atoms. The van der Waals surface area contributed by atoms with Crippen LogP contribution in [0.5, 0.6) is 0 Å². The number of nitrogens with two attached hydrogens (primary N) is 1. The lowest BCUT2D eigenvalue weighted by Gasteiger charge is -2.35. The summed E-state index contributed by atoms with van der Waals surface area (Å²) >= 11 is 0. The second kappa shape index (κ2) is 7.74. The Hall–Kier alpha value is -1.16. The Bertz CT molecular complexity index is 571. The number of aromatic nitrogens is 1. The van der Waals surface area contributed by atoms with E-state index < -0.39 is 0 Å². The molecule has 3 nitrogen and oxygen atoms in total. The first-order chi connectivity index (χ1) is 9.86. The van der Waals surface area contributed by atoms with Crippen LogP contribution < -0.4 is 5.73 Å². The van der Waals surface area contributed by atoms with Gasteiger partial charge in [-0.3, -0.25) is 9.88 Å². The molecule has 0 aliphatic carbocycles. The molecular formula is C17H24ClN3. The van der Waals surface area contributed by atoms with Crippen molar-refractivity contribution in [2.24, 2.45) is 5.73 Å². The van der Waals surface area contributed by atoms with Gasteiger partial charge >= 0.3 is 0 Å². The van der Waals surface area contributed by atoms with Crippen LogP contribution in [0.3, 0.4) is 0 Å². The highest BCUT2D eigenvalue weighted by atomic mass is 35.5. The Labute approximate surface area is 132 Å². The van der Waals surface area contributed by atoms with Gasteiger partial charge in [-0.05, 0) is 56.1 Å². The summed E-state index contributed by atoms with van der Waals surface area (Å²) in [5.74, 6) is 0. The van der Waals surface area contributed by atoms with Crippen LogP contribution in [-0.2, 0) is 6.54 Å². The zero-order chi connectivity index (χ0) is 13.8. The van der Waals surface area contributed by atoms with Gasteiger partial charge < -0.3 is 5.73 Å². The third-order valence-electron chi connectivity index (χ3n) is 4.30. The Morgan fingerprint density at radius 3 is 3.00 bits per heavy atom. The molecule has 21 heavy (non-hydrogen) atoms. The molecule has 0 radical (unpaired) electrons. The second-order valence-corrected chi connectivity index (χ2v) is 5.73. The molecule has 0 amide bonds. The first-order valence-electron chi connectivity index (χ1n) is 7.64. The molecule has 3 rings (SSSR count). The molecule has 1 aliphatic rings. The highest BCUT2D eigenvalue weighted by molar-refractivity contribution is 5.85. The standard InChI is InChI=1S/C17H23N3.ClH/c18-9-8-16-5-1-2-11-20(16)13-14-6-7-17-15(12-14)4-3-10-19-17;/h3-4,6-7,10,12,16H,1-2,5,8-9,11,13,18H2;1H. The Kier molecular flexibility index (Phi) is 5.97. The smallest absolute Gasteiger partial charge is 0.0702 e. The van der Waals surface area contributed by atoms with Crippen LogP contribution in [-0.4, -0.2) is 29.0 Å². The van der Waals surface area contributed by atoms with Crippen LogP contribution in [0.25, 0.3) is 10.9 Å². The number of rotatable bonds is 4. The molecule has 1 aromatic heterocycles. The highest BCUT2D eigenvalue weighted by Crippen LogP contribution is 2.22. The summed E-state index contributed by atoms with van der Waals surface area (Å²) in [6, 6.07) is 11.4. The van der Waals surface area contributed by atoms with Gasteiger partial charge in [0.15, 0.2) is 0 Å². The molecule has 1 saturated heterocycles. The van der Waals surface area contributed by atoms with Crippen molar-refractivity contribution in [3.63, 3.8) is 0 Å². The molecule has 1 aromatic carbocycles. The summed E-state index contributed by atoms with van der Waals surface area (Å²) in [4.78, 5) is 6.99. The van der Waals surface area contributed by atoms with Gasteiger partial charge in [-0.2, -0.15) is 0 Å². The van der Waals surface area contributed by atoms with E-state index in [1.807, 2.05) is 12.3 Å². The van der Waals surface area contributed by atoms with Crippen LogP contribution >= 0.6 is 12.4 Å². The quantitative estimate of drug-likeness (QED) is 0.942. The predicted molar refractivity (Wildman–Crippen MR) is 90.7 cm³/mol. The van der Waals surface area contributed by atoms with E-state index in [2.05, 4.69) is 34.1 Å². The highest BCUT2D eigenvalue weighted by Gasteiger charge is 2.21. The first kappa shape index (κ1) is 16.2. The van der Waals surface area contributed by atoms with Crippen molar-refractivity contribution in [2.45, 2.75) is 38.3 Å². The number of hydrogen-bond acceptors (Lipinski definition) is 3. The molecule has 2 heterocycles. The minimum atomic E-state index is 0. The van der Waals surface area contributed by atoms with E-state index in [1.165, 1.54) is 36.8 Å². The zero-order valence-corrected chi connectivity index (χ0v) is 13.2. The van der Waals surface area contributed by atoms with Crippen molar-refractivity contribution < 1.29 is 0 Å². The van der Waals surface area contributed by atoms with Gasteiger partial charge in [-0.15, -0.1) is 12.4 Å². The molecule has 114 valence electrons. The van der Waals surface area contributed by atoms with E-state index in [1.54, 1.807) is 0 Å². The Morgan fingerprint density at radius 2 is 2.14 bits per heavy atom. The molecule has 1 aliphatic heterocycles. The lowest BCUT2D eigenvalue weighted by atomic mass is 9.98. The lowest BCUT2D eigenvalue weighted by Crippen LogP contribution is -2.40. The minimum absolute atomic E-state index is 0. The number of likely N-dealkylation sites (tertiary alicyclic amines) is 1. The van der Waals surface area contributed by atoms with Crippen molar-refractivity contribution in [3.05, 3.63) is 42.1 Å². The van der Waals surface area contributed by atoms with Gasteiger partial charge in [0.25, 0.3) is 0 Å². The molecule has 0 saturated carbocycles. The van der Waals surface area contributed by atoms with Gasteiger partial charge in [0.2, 0.25) is 0 Å². The topological polar surface area (TPSA) is 42.1 Å². The maximum absolute atomic E-state index is 5.75. The maximum Gasteiger partial charge on any atom is 0.0702 e. The van der Waals surface area contributed by atoms with E-state index in [-0.39, 0.29) is 12.4 Å². The van der Waals surface area contributed by atoms with E-state index in [0.717, 1.165) is 25.0 Å². The Morgan fingerprint density at radius 1 is 1.24 bits per heavy atom. The first-order valence-corrected chi connectivity index (χ1v) is 7.64. The lowest BCUT2D eigenvalue weighted by molar-refractivity contribution is 0.134. The fraction of sp³-hybridized carbons (Fsp3) is 0.471. The number of halogens is 1. The molecule has 0 spiro atoms. The van der Waals surface area contributed by atoms with Crippen LogP contribution in [0.1, 0.15) is 31.2 Å². The minimum Gasteiger partial charge on any atom is -0.330 e. The van der Waals surface area contributed by atoms with Gasteiger partial charge in [-0.1, -0.05) is 18.6 Å². The number of fused-ring (bicyclic) bond motifs is 1. The predicted octanol–water partition coefficient (Wildman–Crippen LogP) is 3.36. The van der Waals surface area contributed by atoms with Crippen molar-refractivity contribution in [3.8, 4) is 0 Å². The number of hydrogen-bond donors (Lipinski definition) is 1. The zero-order valence-electron chi connectivity index (χ0n) is 12.4. The fourth-order valence-corrected chi connectivity index (χ4v) is 3.25. The van der Waals surface area contributed by atoms with E-state index in [4.69, 9.17) is 5.73 Å². The Balaban J connectivity index is 0.00000161. The summed E-state index contributed by atoms with van der Waals surface area (Å²) in [5, 5.41) is 1.23. The molecular weight excluding hydrogens is 282 g/mol. The van der Waals surface area contributed by atoms with Gasteiger partial charge in [0, 0.05) is 24.2 Å². The summed E-state index contributed by atoms with van der Waals surface area (Å²) in [6.45, 7) is 3.04. The van der Waals surface area contributed by atoms with Crippen LogP contribution in [0.15, 0.2) is 36.5 Å². The molecule has 2 aromatic rings. The number of pyridine rings is 1. The molecule has 1 unspecified atom stereocenters. The average Bonchev–Trinajstić information content (AvgIpc) is 2.49. The number of nitrogens with zero attached hydrogens (tertiary/aromatic N) is 2. The van der Waals surface area contributed by atoms with Gasteiger partial charge in [0.1, 0.15) is 0 Å². The summed E-state index contributed by atoms with van der Waals surface area (Å²) in [6.07, 6.45) is 6.93. The van der Waals surface area contributed by atoms with Gasteiger partial charge in [-0.25, -0.2) is 0 Å². The second-order valence-electron chi connectivity index (χ2n) is 5.73. The number of piperidine rings is 1. The molecule has 2 N–H and O–H groups in total. The molecule has 4 heteroatoms. The van der Waals surface area contributed by atoms with E-state index >= 15 is 0 Å². The van der Waals surface area contributed by atoms with Crippen molar-refractivity contribution in [2.75, 3.05) is 13.1 Å².